The van der Waals surface area contributed by atoms with Crippen LogP contribution in [0.3, 0.4) is 0 Å². The van der Waals surface area contributed by atoms with Crippen LogP contribution in [0, 0.1) is 13.8 Å². The SMILES string of the molecule is Cc1cccc(OCC(=O)Nc2ccc(-c3ccc(NC(=O)COc4cccc(C)c4)c(Cl)c3)cc2Cl)c1. The van der Waals surface area contributed by atoms with Crippen LogP contribution >= 0.6 is 23.2 Å². The van der Waals surface area contributed by atoms with Crippen LogP contribution in [0.25, 0.3) is 11.1 Å². The van der Waals surface area contributed by atoms with E-state index >= 15 is 0 Å². The van der Waals surface area contributed by atoms with Gasteiger partial charge >= 0.3 is 0 Å². The molecule has 0 unspecified atom stereocenters. The molecule has 194 valence electrons. The Morgan fingerprint density at radius 2 is 1.05 bits per heavy atom. The van der Waals surface area contributed by atoms with E-state index in [4.69, 9.17) is 32.7 Å². The number of nitrogens with one attached hydrogen (secondary N) is 2. The van der Waals surface area contributed by atoms with E-state index in [0.29, 0.717) is 32.9 Å². The predicted molar refractivity (Wildman–Crippen MR) is 153 cm³/mol. The van der Waals surface area contributed by atoms with Crippen molar-refractivity contribution in [1.82, 2.24) is 0 Å². The summed E-state index contributed by atoms with van der Waals surface area (Å²) in [6.45, 7) is 3.63. The first-order valence-corrected chi connectivity index (χ1v) is 12.6. The minimum atomic E-state index is -0.323. The quantitative estimate of drug-likeness (QED) is 0.230. The molecule has 2 N–H and O–H groups in total. The van der Waals surface area contributed by atoms with Gasteiger partial charge in [-0.25, -0.2) is 0 Å². The third-order valence-corrected chi connectivity index (χ3v) is 6.16. The second-order valence-electron chi connectivity index (χ2n) is 8.70. The van der Waals surface area contributed by atoms with Crippen molar-refractivity contribution in [2.45, 2.75) is 13.8 Å². The summed E-state index contributed by atoms with van der Waals surface area (Å²) in [5.41, 5.74) is 4.63. The van der Waals surface area contributed by atoms with Gasteiger partial charge in [0.05, 0.1) is 21.4 Å². The van der Waals surface area contributed by atoms with Gasteiger partial charge in [0.1, 0.15) is 11.5 Å². The molecule has 0 heterocycles. The average Bonchev–Trinajstić information content (AvgIpc) is 2.89. The number of anilines is 2. The number of amides is 2. The molecule has 0 aromatic heterocycles. The van der Waals surface area contributed by atoms with E-state index in [1.54, 1.807) is 36.4 Å². The van der Waals surface area contributed by atoms with Crippen molar-refractivity contribution in [1.29, 1.82) is 0 Å². The number of benzene rings is 4. The van der Waals surface area contributed by atoms with E-state index in [2.05, 4.69) is 10.6 Å². The van der Waals surface area contributed by atoms with Crippen LogP contribution in [0.1, 0.15) is 11.1 Å². The smallest absolute Gasteiger partial charge is 0.262 e. The van der Waals surface area contributed by atoms with Crippen molar-refractivity contribution in [2.75, 3.05) is 23.8 Å². The molecule has 4 rings (SSSR count). The molecule has 6 nitrogen and oxygen atoms in total. The molecule has 0 radical (unpaired) electrons. The van der Waals surface area contributed by atoms with Crippen molar-refractivity contribution >= 4 is 46.4 Å². The molecule has 0 spiro atoms. The van der Waals surface area contributed by atoms with Gasteiger partial charge in [-0.2, -0.15) is 0 Å². The van der Waals surface area contributed by atoms with Crippen molar-refractivity contribution in [2.24, 2.45) is 0 Å². The highest BCUT2D eigenvalue weighted by Crippen LogP contribution is 2.32. The summed E-state index contributed by atoms with van der Waals surface area (Å²) in [7, 11) is 0. The molecule has 0 fully saturated rings. The highest BCUT2D eigenvalue weighted by atomic mass is 35.5. The monoisotopic (exact) mass is 548 g/mol. The van der Waals surface area contributed by atoms with Crippen LogP contribution in [-0.4, -0.2) is 25.0 Å². The molecule has 0 aliphatic rings. The molecule has 0 atom stereocenters. The second-order valence-corrected chi connectivity index (χ2v) is 9.51. The molecule has 0 bridgehead atoms. The first-order chi connectivity index (χ1) is 18.3. The van der Waals surface area contributed by atoms with Crippen LogP contribution in [0.4, 0.5) is 11.4 Å². The fourth-order valence-electron chi connectivity index (χ4n) is 3.67. The normalized spacial score (nSPS) is 10.5. The zero-order chi connectivity index (χ0) is 27.1. The molecule has 0 saturated heterocycles. The van der Waals surface area contributed by atoms with Crippen LogP contribution < -0.4 is 20.1 Å². The average molecular weight is 549 g/mol. The Labute approximate surface area is 231 Å². The lowest BCUT2D eigenvalue weighted by Gasteiger charge is -2.12. The first kappa shape index (κ1) is 27.0. The zero-order valence-electron chi connectivity index (χ0n) is 20.9. The Morgan fingerprint density at radius 3 is 1.42 bits per heavy atom. The summed E-state index contributed by atoms with van der Waals surface area (Å²) in [5, 5.41) is 6.26. The Hall–Kier alpha value is -4.00. The molecule has 4 aromatic carbocycles. The third-order valence-electron chi connectivity index (χ3n) is 5.54. The number of aryl methyl sites for hydroxylation is 2. The van der Waals surface area contributed by atoms with Crippen LogP contribution in [0.15, 0.2) is 84.9 Å². The number of carbonyl (C=O) groups excluding carboxylic acids is 2. The fourth-order valence-corrected chi connectivity index (χ4v) is 4.13. The molecule has 0 aliphatic carbocycles. The summed E-state index contributed by atoms with van der Waals surface area (Å²) < 4.78 is 11.1. The Balaban J connectivity index is 1.34. The maximum absolute atomic E-state index is 12.3. The van der Waals surface area contributed by atoms with Gasteiger partial charge in [-0.1, -0.05) is 59.6 Å². The highest BCUT2D eigenvalue weighted by molar-refractivity contribution is 6.34. The molecule has 0 aliphatic heterocycles. The van der Waals surface area contributed by atoms with Gasteiger partial charge < -0.3 is 20.1 Å². The van der Waals surface area contributed by atoms with Gasteiger partial charge in [0, 0.05) is 0 Å². The summed E-state index contributed by atoms with van der Waals surface area (Å²) in [5.74, 6) is 0.597. The third kappa shape index (κ3) is 7.51. The summed E-state index contributed by atoms with van der Waals surface area (Å²) in [6.07, 6.45) is 0. The number of ether oxygens (including phenoxy) is 2. The van der Waals surface area contributed by atoms with E-state index in [1.165, 1.54) is 0 Å². The van der Waals surface area contributed by atoms with E-state index in [1.807, 2.05) is 62.4 Å². The number of hydrogen-bond donors (Lipinski definition) is 2. The lowest BCUT2D eigenvalue weighted by molar-refractivity contribution is -0.118. The molecular weight excluding hydrogens is 523 g/mol. The summed E-state index contributed by atoms with van der Waals surface area (Å²) in [6, 6.07) is 25.5. The fraction of sp³-hybridized carbons (Fsp3) is 0.133. The van der Waals surface area contributed by atoms with Crippen molar-refractivity contribution < 1.29 is 19.1 Å². The molecular formula is C30H26Cl2N2O4. The summed E-state index contributed by atoms with van der Waals surface area (Å²) >= 11 is 12.9. The van der Waals surface area contributed by atoms with Gasteiger partial charge in [-0.05, 0) is 84.6 Å². The van der Waals surface area contributed by atoms with Gasteiger partial charge in [0.2, 0.25) is 0 Å². The van der Waals surface area contributed by atoms with Crippen molar-refractivity contribution in [3.63, 3.8) is 0 Å². The van der Waals surface area contributed by atoms with Gasteiger partial charge in [0.25, 0.3) is 11.8 Å². The lowest BCUT2D eigenvalue weighted by atomic mass is 10.0. The highest BCUT2D eigenvalue weighted by Gasteiger charge is 2.12. The molecule has 8 heteroatoms. The largest absolute Gasteiger partial charge is 0.484 e. The molecule has 2 amide bonds. The standard InChI is InChI=1S/C30H26Cl2N2O4/c1-19-5-3-7-23(13-19)37-17-29(35)33-27-11-9-21(15-25(27)31)22-10-12-28(26(32)16-22)34-30(36)18-38-24-8-4-6-20(2)14-24/h3-16H,17-18H2,1-2H3,(H,33,35)(H,34,36). The van der Waals surface area contributed by atoms with E-state index < -0.39 is 0 Å². The Bertz CT molecular complexity index is 1360. The maximum Gasteiger partial charge on any atom is 0.262 e. The number of rotatable bonds is 9. The topological polar surface area (TPSA) is 76.7 Å². The van der Waals surface area contributed by atoms with Gasteiger partial charge in [0.15, 0.2) is 13.2 Å². The van der Waals surface area contributed by atoms with E-state index in [-0.39, 0.29) is 25.0 Å². The van der Waals surface area contributed by atoms with Crippen LogP contribution in [0.5, 0.6) is 11.5 Å². The van der Waals surface area contributed by atoms with Gasteiger partial charge in [-0.3, -0.25) is 9.59 Å². The second kappa shape index (κ2) is 12.5. The van der Waals surface area contributed by atoms with Crippen LogP contribution in [-0.2, 0) is 9.59 Å². The number of halogens is 2. The number of hydrogen-bond acceptors (Lipinski definition) is 4. The number of carbonyl (C=O) groups is 2. The maximum atomic E-state index is 12.3. The lowest BCUT2D eigenvalue weighted by Crippen LogP contribution is -2.20. The zero-order valence-corrected chi connectivity index (χ0v) is 22.4. The first-order valence-electron chi connectivity index (χ1n) is 11.8. The molecule has 38 heavy (non-hydrogen) atoms. The van der Waals surface area contributed by atoms with Crippen LogP contribution in [0.2, 0.25) is 10.0 Å². The van der Waals surface area contributed by atoms with Crippen molar-refractivity contribution in [3.8, 4) is 22.6 Å². The predicted octanol–water partition coefficient (Wildman–Crippen LogP) is 7.31. The minimum absolute atomic E-state index is 0.139. The molecule has 4 aromatic rings. The van der Waals surface area contributed by atoms with E-state index in [9.17, 15) is 9.59 Å². The Morgan fingerprint density at radius 1 is 0.632 bits per heavy atom. The van der Waals surface area contributed by atoms with Crippen molar-refractivity contribution in [3.05, 3.63) is 106 Å². The van der Waals surface area contributed by atoms with Gasteiger partial charge in [-0.15, -0.1) is 0 Å². The van der Waals surface area contributed by atoms with E-state index in [0.717, 1.165) is 22.3 Å². The Kier molecular flexibility index (Phi) is 8.89. The summed E-state index contributed by atoms with van der Waals surface area (Å²) in [4.78, 5) is 24.7. The molecule has 0 saturated carbocycles. The minimum Gasteiger partial charge on any atom is -0.484 e.